The summed E-state index contributed by atoms with van der Waals surface area (Å²) >= 11 is 0. The maximum atomic E-state index is 12.4. The molecule has 2 aromatic rings. The molecule has 24 heavy (non-hydrogen) atoms. The molecule has 4 nitrogen and oxygen atoms in total. The monoisotopic (exact) mass is 342 g/mol. The van der Waals surface area contributed by atoms with E-state index in [1.54, 1.807) is 35.4 Å². The van der Waals surface area contributed by atoms with Gasteiger partial charge in [-0.3, -0.25) is 4.21 Å². The number of anilines is 1. The molecule has 1 atom stereocenters. The summed E-state index contributed by atoms with van der Waals surface area (Å²) in [6.45, 7) is 0.708. The molecule has 2 amide bonds. The quantitative estimate of drug-likeness (QED) is 0.902. The summed E-state index contributed by atoms with van der Waals surface area (Å²) < 4.78 is 11.4. The Morgan fingerprint density at radius 3 is 2.29 bits per heavy atom. The Morgan fingerprint density at radius 1 is 1.12 bits per heavy atom. The number of carbonyl (C=O) groups excluding carboxylic acids is 1. The Labute approximate surface area is 145 Å². The number of hydrogen-bond donors (Lipinski definition) is 1. The van der Waals surface area contributed by atoms with Gasteiger partial charge in [-0.15, -0.1) is 0 Å². The average molecular weight is 342 g/mol. The fraction of sp³-hybridized carbons (Fsp3) is 0.316. The third kappa shape index (κ3) is 3.67. The molecule has 126 valence electrons. The van der Waals surface area contributed by atoms with Crippen molar-refractivity contribution in [3.05, 3.63) is 60.2 Å². The molecule has 5 heteroatoms. The number of benzene rings is 2. The van der Waals surface area contributed by atoms with Crippen LogP contribution in [-0.2, 0) is 16.2 Å². The van der Waals surface area contributed by atoms with Crippen molar-refractivity contribution in [1.82, 2.24) is 4.90 Å². The van der Waals surface area contributed by atoms with Crippen LogP contribution in [0.15, 0.2) is 59.5 Å². The van der Waals surface area contributed by atoms with Crippen molar-refractivity contribution in [2.24, 2.45) is 0 Å². The van der Waals surface area contributed by atoms with Gasteiger partial charge in [0.25, 0.3) is 0 Å². The molecule has 0 aromatic heterocycles. The van der Waals surface area contributed by atoms with E-state index in [-0.39, 0.29) is 11.4 Å². The number of rotatable bonds is 5. The van der Waals surface area contributed by atoms with E-state index in [0.717, 1.165) is 17.7 Å². The highest BCUT2D eigenvalue weighted by atomic mass is 32.2. The SMILES string of the molecule is CN(CC1(c2ccccc2)CC1)C(=O)Nc1ccc([S@@](C)=O)cc1. The minimum atomic E-state index is -1.01. The Kier molecular flexibility index (Phi) is 4.71. The van der Waals surface area contributed by atoms with Crippen LogP contribution in [0.25, 0.3) is 0 Å². The van der Waals surface area contributed by atoms with E-state index in [1.807, 2.05) is 13.1 Å². The topological polar surface area (TPSA) is 49.4 Å². The first-order valence-electron chi connectivity index (χ1n) is 8.01. The second-order valence-corrected chi connectivity index (χ2v) is 7.79. The van der Waals surface area contributed by atoms with Gasteiger partial charge in [0, 0.05) is 46.6 Å². The van der Waals surface area contributed by atoms with Gasteiger partial charge in [-0.1, -0.05) is 30.3 Å². The number of nitrogens with one attached hydrogen (secondary N) is 1. The minimum Gasteiger partial charge on any atom is -0.327 e. The lowest BCUT2D eigenvalue weighted by atomic mass is 9.95. The van der Waals surface area contributed by atoms with E-state index in [0.29, 0.717) is 12.2 Å². The summed E-state index contributed by atoms with van der Waals surface area (Å²) in [5.74, 6) is 0. The van der Waals surface area contributed by atoms with E-state index in [2.05, 4.69) is 29.6 Å². The highest BCUT2D eigenvalue weighted by molar-refractivity contribution is 7.84. The lowest BCUT2D eigenvalue weighted by molar-refractivity contribution is 0.218. The molecule has 0 unspecified atom stereocenters. The van der Waals surface area contributed by atoms with Gasteiger partial charge in [-0.2, -0.15) is 0 Å². The zero-order valence-electron chi connectivity index (χ0n) is 14.0. The summed E-state index contributed by atoms with van der Waals surface area (Å²) in [5, 5.41) is 2.90. The molecule has 1 aliphatic rings. The number of likely N-dealkylation sites (N-methyl/N-ethyl adjacent to an activating group) is 1. The zero-order chi connectivity index (χ0) is 17.2. The van der Waals surface area contributed by atoms with Gasteiger partial charge in [-0.05, 0) is 42.7 Å². The van der Waals surface area contributed by atoms with Crippen LogP contribution >= 0.6 is 0 Å². The van der Waals surface area contributed by atoms with Gasteiger partial charge in [0.1, 0.15) is 0 Å². The maximum Gasteiger partial charge on any atom is 0.321 e. The number of carbonyl (C=O) groups is 1. The number of amides is 2. The Hall–Kier alpha value is -2.14. The summed E-state index contributed by atoms with van der Waals surface area (Å²) in [4.78, 5) is 14.9. The molecule has 0 saturated heterocycles. The molecule has 1 N–H and O–H groups in total. The first-order chi connectivity index (χ1) is 11.5. The fourth-order valence-electron chi connectivity index (χ4n) is 2.96. The van der Waals surface area contributed by atoms with Gasteiger partial charge in [-0.25, -0.2) is 4.79 Å². The molecule has 1 saturated carbocycles. The molecule has 0 radical (unpaired) electrons. The van der Waals surface area contributed by atoms with Crippen LogP contribution in [0, 0.1) is 0 Å². The lowest BCUT2D eigenvalue weighted by Crippen LogP contribution is -2.37. The minimum absolute atomic E-state index is 0.107. The first kappa shape index (κ1) is 16.7. The van der Waals surface area contributed by atoms with E-state index < -0.39 is 10.8 Å². The summed E-state index contributed by atoms with van der Waals surface area (Å²) in [6, 6.07) is 17.4. The Morgan fingerprint density at radius 2 is 1.75 bits per heavy atom. The lowest BCUT2D eigenvalue weighted by Gasteiger charge is -2.24. The van der Waals surface area contributed by atoms with Crippen molar-refractivity contribution in [2.45, 2.75) is 23.2 Å². The normalized spacial score (nSPS) is 16.2. The largest absolute Gasteiger partial charge is 0.327 e. The molecule has 1 aliphatic carbocycles. The molecule has 0 heterocycles. The van der Waals surface area contributed by atoms with Crippen LogP contribution in [0.1, 0.15) is 18.4 Å². The average Bonchev–Trinajstić information content (AvgIpc) is 3.37. The number of urea groups is 1. The van der Waals surface area contributed by atoms with Gasteiger partial charge in [0.2, 0.25) is 0 Å². The van der Waals surface area contributed by atoms with E-state index in [9.17, 15) is 9.00 Å². The summed E-state index contributed by atoms with van der Waals surface area (Å²) in [5.41, 5.74) is 2.13. The molecule has 1 fully saturated rings. The van der Waals surface area contributed by atoms with Crippen molar-refractivity contribution in [3.63, 3.8) is 0 Å². The Balaban J connectivity index is 1.62. The van der Waals surface area contributed by atoms with Crippen LogP contribution in [0.2, 0.25) is 0 Å². The van der Waals surface area contributed by atoms with Crippen molar-refractivity contribution in [1.29, 1.82) is 0 Å². The highest BCUT2D eigenvalue weighted by Gasteiger charge is 2.45. The van der Waals surface area contributed by atoms with Gasteiger partial charge >= 0.3 is 6.03 Å². The van der Waals surface area contributed by atoms with Crippen molar-refractivity contribution in [2.75, 3.05) is 25.2 Å². The standard InChI is InChI=1S/C19H22N2O2S/c1-21(14-19(12-13-19)15-6-4-3-5-7-15)18(22)20-16-8-10-17(11-9-16)24(2)23/h3-11H,12-14H2,1-2H3,(H,20,22)/t24-/m1/s1. The summed E-state index contributed by atoms with van der Waals surface area (Å²) in [6.07, 6.45) is 3.87. The predicted molar refractivity (Wildman–Crippen MR) is 97.8 cm³/mol. The molecule has 2 aromatic carbocycles. The van der Waals surface area contributed by atoms with Gasteiger partial charge < -0.3 is 10.2 Å². The van der Waals surface area contributed by atoms with Crippen molar-refractivity contribution < 1.29 is 9.00 Å². The number of hydrogen-bond acceptors (Lipinski definition) is 2. The van der Waals surface area contributed by atoms with Crippen LogP contribution in [-0.4, -0.2) is 35.0 Å². The smallest absolute Gasteiger partial charge is 0.321 e. The van der Waals surface area contributed by atoms with Gasteiger partial charge in [0.15, 0.2) is 0 Å². The van der Waals surface area contributed by atoms with Crippen LogP contribution < -0.4 is 5.32 Å². The third-order valence-corrected chi connectivity index (χ3v) is 5.50. The van der Waals surface area contributed by atoms with Crippen LogP contribution in [0.3, 0.4) is 0 Å². The van der Waals surface area contributed by atoms with Crippen molar-refractivity contribution >= 4 is 22.5 Å². The maximum absolute atomic E-state index is 12.4. The molecular formula is C19H22N2O2S. The summed E-state index contributed by atoms with van der Waals surface area (Å²) in [7, 11) is 0.819. The van der Waals surface area contributed by atoms with Crippen LogP contribution in [0.4, 0.5) is 10.5 Å². The van der Waals surface area contributed by atoms with Gasteiger partial charge in [0.05, 0.1) is 0 Å². The molecular weight excluding hydrogens is 320 g/mol. The highest BCUT2D eigenvalue weighted by Crippen LogP contribution is 2.48. The molecule has 0 bridgehead atoms. The second kappa shape index (κ2) is 6.77. The zero-order valence-corrected chi connectivity index (χ0v) is 14.8. The van der Waals surface area contributed by atoms with Crippen molar-refractivity contribution in [3.8, 4) is 0 Å². The van der Waals surface area contributed by atoms with E-state index >= 15 is 0 Å². The Bertz CT molecular complexity index is 740. The first-order valence-corrected chi connectivity index (χ1v) is 9.57. The fourth-order valence-corrected chi connectivity index (χ4v) is 3.47. The molecule has 3 rings (SSSR count). The van der Waals surface area contributed by atoms with E-state index in [4.69, 9.17) is 0 Å². The van der Waals surface area contributed by atoms with E-state index in [1.165, 1.54) is 5.56 Å². The van der Waals surface area contributed by atoms with Crippen LogP contribution in [0.5, 0.6) is 0 Å². The number of nitrogens with zero attached hydrogens (tertiary/aromatic N) is 1. The molecule has 0 spiro atoms. The predicted octanol–water partition coefficient (Wildman–Crippen LogP) is 3.62. The third-order valence-electron chi connectivity index (χ3n) is 4.56. The molecule has 0 aliphatic heterocycles. The second-order valence-electron chi connectivity index (χ2n) is 6.41.